The number of carbonyl (C=O) groups excluding carboxylic acids is 2. The molecule has 2 aliphatic rings. The average molecular weight is 345 g/mol. The van der Waals surface area contributed by atoms with Crippen molar-refractivity contribution in [2.45, 2.75) is 39.2 Å². The van der Waals surface area contributed by atoms with Crippen molar-refractivity contribution >= 4 is 11.7 Å². The van der Waals surface area contributed by atoms with E-state index in [1.54, 1.807) is 24.0 Å². The Bertz CT molecular complexity index is 725. The van der Waals surface area contributed by atoms with Gasteiger partial charge in [0.05, 0.1) is 11.6 Å². The van der Waals surface area contributed by atoms with Crippen molar-refractivity contribution in [1.29, 1.82) is 0 Å². The first-order chi connectivity index (χ1) is 12.1. The van der Waals surface area contributed by atoms with Crippen LogP contribution in [0.3, 0.4) is 0 Å². The van der Waals surface area contributed by atoms with Gasteiger partial charge in [-0.25, -0.2) is 0 Å². The van der Waals surface area contributed by atoms with Crippen LogP contribution < -0.4 is 9.47 Å². The first-order valence-corrected chi connectivity index (χ1v) is 8.75. The summed E-state index contributed by atoms with van der Waals surface area (Å²) in [6, 6.07) is 4.83. The molecule has 6 heteroatoms. The number of Topliss-reactive ketones (excluding diaryl/α,β-unsaturated/α-hetero) is 1. The molecule has 6 nitrogen and oxygen atoms in total. The molecule has 0 saturated carbocycles. The summed E-state index contributed by atoms with van der Waals surface area (Å²) < 4.78 is 11.2. The summed E-state index contributed by atoms with van der Waals surface area (Å²) in [5, 5.41) is 10.3. The molecule has 1 atom stereocenters. The number of amides is 1. The second-order valence-electron chi connectivity index (χ2n) is 6.20. The molecule has 0 fully saturated rings. The van der Waals surface area contributed by atoms with Crippen molar-refractivity contribution in [1.82, 2.24) is 4.90 Å². The fourth-order valence-electron chi connectivity index (χ4n) is 3.26. The Labute approximate surface area is 147 Å². The first-order valence-electron chi connectivity index (χ1n) is 8.75. The van der Waals surface area contributed by atoms with Gasteiger partial charge in [0.15, 0.2) is 23.0 Å². The largest absolute Gasteiger partial charge is 0.503 e. The summed E-state index contributed by atoms with van der Waals surface area (Å²) >= 11 is 0. The van der Waals surface area contributed by atoms with Crippen LogP contribution in [0.15, 0.2) is 29.5 Å². The summed E-state index contributed by atoms with van der Waals surface area (Å²) in [5.41, 5.74) is 0.926. The normalized spacial score (nSPS) is 19.5. The molecule has 134 valence electrons. The van der Waals surface area contributed by atoms with E-state index in [-0.39, 0.29) is 17.8 Å². The minimum Gasteiger partial charge on any atom is -0.503 e. The highest BCUT2D eigenvalue weighted by Crippen LogP contribution is 2.41. The summed E-state index contributed by atoms with van der Waals surface area (Å²) in [7, 11) is 0. The number of hydrogen-bond donors (Lipinski definition) is 1. The third kappa shape index (κ3) is 3.08. The van der Waals surface area contributed by atoms with E-state index >= 15 is 0 Å². The highest BCUT2D eigenvalue weighted by molar-refractivity contribution is 6.08. The van der Waals surface area contributed by atoms with E-state index in [1.807, 2.05) is 13.0 Å². The molecule has 0 radical (unpaired) electrons. The molecule has 1 amide bonds. The van der Waals surface area contributed by atoms with E-state index in [0.717, 1.165) is 18.4 Å². The molecule has 2 aliphatic heterocycles. The lowest BCUT2D eigenvalue weighted by molar-refractivity contribution is -0.129. The molecule has 0 bridgehead atoms. The standard InChI is InChI=1S/C19H23NO5/c1-3-5-8-20-17(16(13(21)4-2)18(22)19(20)23)12-6-7-14-15(11-12)25-10-9-24-14/h6-7,11,17,22H,3-5,8-10H2,1-2H3. The number of unbranched alkanes of at least 4 members (excludes halogenated alkanes) is 1. The van der Waals surface area contributed by atoms with Gasteiger partial charge in [-0.05, 0) is 24.1 Å². The lowest BCUT2D eigenvalue weighted by atomic mass is 9.94. The molecule has 0 aliphatic carbocycles. The summed E-state index contributed by atoms with van der Waals surface area (Å²) in [6.45, 7) is 5.20. The minimum atomic E-state index is -0.581. The number of fused-ring (bicyclic) bond motifs is 1. The lowest BCUT2D eigenvalue weighted by Gasteiger charge is -2.28. The molecule has 0 spiro atoms. The number of nitrogens with zero attached hydrogens (tertiary/aromatic N) is 1. The van der Waals surface area contributed by atoms with Gasteiger partial charge in [-0.15, -0.1) is 0 Å². The molecular formula is C19H23NO5. The zero-order chi connectivity index (χ0) is 18.0. The smallest absolute Gasteiger partial charge is 0.290 e. The van der Waals surface area contributed by atoms with Crippen LogP contribution in [-0.2, 0) is 9.59 Å². The number of aliphatic hydroxyl groups is 1. The summed E-state index contributed by atoms with van der Waals surface area (Å²) in [6.07, 6.45) is 1.94. The fraction of sp³-hybridized carbons (Fsp3) is 0.474. The van der Waals surface area contributed by atoms with Crippen molar-refractivity contribution in [2.24, 2.45) is 0 Å². The summed E-state index contributed by atoms with van der Waals surface area (Å²) in [4.78, 5) is 26.5. The molecule has 2 heterocycles. The molecular weight excluding hydrogens is 322 g/mol. The molecule has 1 unspecified atom stereocenters. The average Bonchev–Trinajstić information content (AvgIpc) is 2.90. The van der Waals surface area contributed by atoms with Gasteiger partial charge in [0, 0.05) is 13.0 Å². The van der Waals surface area contributed by atoms with E-state index in [4.69, 9.17) is 9.47 Å². The monoisotopic (exact) mass is 345 g/mol. The minimum absolute atomic E-state index is 0.181. The van der Waals surface area contributed by atoms with Gasteiger partial charge in [-0.3, -0.25) is 9.59 Å². The SMILES string of the molecule is CCCCN1C(=O)C(O)=C(C(=O)CC)C1c1ccc2c(c1)OCCO2. The Hall–Kier alpha value is -2.50. The third-order valence-electron chi connectivity index (χ3n) is 4.56. The third-order valence-corrected chi connectivity index (χ3v) is 4.56. The van der Waals surface area contributed by atoms with Gasteiger partial charge >= 0.3 is 0 Å². The maximum absolute atomic E-state index is 12.5. The Kier molecular flexibility index (Phi) is 4.97. The molecule has 25 heavy (non-hydrogen) atoms. The van der Waals surface area contributed by atoms with Crippen LogP contribution in [0.5, 0.6) is 11.5 Å². The number of hydrogen-bond acceptors (Lipinski definition) is 5. The molecule has 1 aromatic carbocycles. The number of benzene rings is 1. The van der Waals surface area contributed by atoms with Gasteiger partial charge in [0.25, 0.3) is 5.91 Å². The van der Waals surface area contributed by atoms with Gasteiger partial charge in [-0.2, -0.15) is 0 Å². The van der Waals surface area contributed by atoms with Gasteiger partial charge in [0.2, 0.25) is 0 Å². The zero-order valence-electron chi connectivity index (χ0n) is 14.6. The van der Waals surface area contributed by atoms with Crippen molar-refractivity contribution < 1.29 is 24.2 Å². The van der Waals surface area contributed by atoms with Crippen LogP contribution in [0.1, 0.15) is 44.7 Å². The van der Waals surface area contributed by atoms with E-state index < -0.39 is 17.7 Å². The topological polar surface area (TPSA) is 76.1 Å². The number of ether oxygens (including phenoxy) is 2. The van der Waals surface area contributed by atoms with Gasteiger partial charge in [-0.1, -0.05) is 26.3 Å². The predicted molar refractivity (Wildman–Crippen MR) is 91.7 cm³/mol. The van der Waals surface area contributed by atoms with E-state index in [2.05, 4.69) is 0 Å². The van der Waals surface area contributed by atoms with Crippen LogP contribution in [0.25, 0.3) is 0 Å². The van der Waals surface area contributed by atoms with Crippen LogP contribution in [0.4, 0.5) is 0 Å². The second kappa shape index (κ2) is 7.17. The van der Waals surface area contributed by atoms with Crippen LogP contribution in [0, 0.1) is 0 Å². The Balaban J connectivity index is 2.04. The number of carbonyl (C=O) groups is 2. The van der Waals surface area contributed by atoms with E-state index in [1.165, 1.54) is 0 Å². The maximum Gasteiger partial charge on any atom is 0.290 e. The predicted octanol–water partition coefficient (Wildman–Crippen LogP) is 2.93. The van der Waals surface area contributed by atoms with Crippen molar-refractivity contribution in [3.63, 3.8) is 0 Å². The van der Waals surface area contributed by atoms with Gasteiger partial charge < -0.3 is 19.5 Å². The fourth-order valence-corrected chi connectivity index (χ4v) is 3.26. The van der Waals surface area contributed by atoms with Crippen LogP contribution in [-0.4, -0.2) is 41.5 Å². The lowest BCUT2D eigenvalue weighted by Crippen LogP contribution is -2.32. The van der Waals surface area contributed by atoms with Crippen molar-refractivity contribution in [3.05, 3.63) is 35.1 Å². The van der Waals surface area contributed by atoms with Crippen molar-refractivity contribution in [3.8, 4) is 11.5 Å². The number of rotatable bonds is 6. The quantitative estimate of drug-likeness (QED) is 0.858. The molecule has 3 rings (SSSR count). The highest BCUT2D eigenvalue weighted by Gasteiger charge is 2.42. The molecule has 1 aromatic rings. The molecule has 1 N–H and O–H groups in total. The molecule has 0 aromatic heterocycles. The Morgan fingerprint density at radius 3 is 2.64 bits per heavy atom. The first kappa shape index (κ1) is 17.3. The zero-order valence-corrected chi connectivity index (χ0v) is 14.6. The van der Waals surface area contributed by atoms with Crippen molar-refractivity contribution in [2.75, 3.05) is 19.8 Å². The number of ketones is 1. The van der Waals surface area contributed by atoms with Crippen LogP contribution in [0.2, 0.25) is 0 Å². The summed E-state index contributed by atoms with van der Waals surface area (Å²) in [5.74, 6) is 0.120. The van der Waals surface area contributed by atoms with Crippen LogP contribution >= 0.6 is 0 Å². The van der Waals surface area contributed by atoms with Gasteiger partial charge in [0.1, 0.15) is 13.2 Å². The Morgan fingerprint density at radius 1 is 1.24 bits per heavy atom. The van der Waals surface area contributed by atoms with E-state index in [0.29, 0.717) is 31.3 Å². The number of aliphatic hydroxyl groups excluding tert-OH is 1. The maximum atomic E-state index is 12.5. The van der Waals surface area contributed by atoms with E-state index in [9.17, 15) is 14.7 Å². The Morgan fingerprint density at radius 2 is 1.96 bits per heavy atom. The molecule has 0 saturated heterocycles. The second-order valence-corrected chi connectivity index (χ2v) is 6.20. The highest BCUT2D eigenvalue weighted by atomic mass is 16.6.